The van der Waals surface area contributed by atoms with Gasteiger partial charge in [0.05, 0.1) is 10.6 Å². The summed E-state index contributed by atoms with van der Waals surface area (Å²) in [7, 11) is -3.74. The Balaban J connectivity index is 2.34. The summed E-state index contributed by atoms with van der Waals surface area (Å²) in [6.07, 6.45) is 5.43. The van der Waals surface area contributed by atoms with Crippen molar-refractivity contribution in [1.29, 1.82) is 5.26 Å². The van der Waals surface area contributed by atoms with E-state index < -0.39 is 15.6 Å². The number of sulfonamides is 1. The predicted octanol–water partition coefficient (Wildman–Crippen LogP) is 5.44. The van der Waals surface area contributed by atoms with Crippen LogP contribution < -0.4 is 10.3 Å². The van der Waals surface area contributed by atoms with Crippen molar-refractivity contribution in [3.05, 3.63) is 45.7 Å². The van der Waals surface area contributed by atoms with E-state index in [0.717, 1.165) is 36.7 Å². The smallest absolute Gasteiger partial charge is 0.271 e. The second-order valence-corrected chi connectivity index (χ2v) is 10.3. The van der Waals surface area contributed by atoms with Crippen LogP contribution in [-0.2, 0) is 16.6 Å². The highest BCUT2D eigenvalue weighted by Gasteiger charge is 2.20. The van der Waals surface area contributed by atoms with E-state index in [1.54, 1.807) is 12.1 Å². The molecule has 0 aliphatic rings. The molecule has 2 rings (SSSR count). The van der Waals surface area contributed by atoms with Gasteiger partial charge >= 0.3 is 0 Å². The largest absolute Gasteiger partial charge is 0.493 e. The van der Waals surface area contributed by atoms with E-state index in [1.165, 1.54) is 19.1 Å². The number of pyridine rings is 1. The second-order valence-electron chi connectivity index (χ2n) is 8.56. The lowest BCUT2D eigenvalue weighted by Crippen LogP contribution is -2.29. The number of hydrogen-bond donors (Lipinski definition) is 2. The molecule has 1 atom stereocenters. The van der Waals surface area contributed by atoms with Gasteiger partial charge < -0.3 is 5.11 Å². The minimum absolute atomic E-state index is 0.00495. The molecule has 10 heteroatoms. The normalized spacial score (nSPS) is 12.7. The van der Waals surface area contributed by atoms with Crippen molar-refractivity contribution in [3.63, 3.8) is 0 Å². The van der Waals surface area contributed by atoms with Crippen LogP contribution in [0, 0.1) is 24.2 Å². The van der Waals surface area contributed by atoms with Crippen molar-refractivity contribution >= 4 is 21.4 Å². The van der Waals surface area contributed by atoms with Crippen LogP contribution in [0.25, 0.3) is 0 Å². The Hall–Kier alpha value is -3.03. The molecule has 1 unspecified atom stereocenters. The first-order valence-electron chi connectivity index (χ1n) is 12.1. The standard InChI is InChI=1S/C25H35N5O4S/c1-5-8-11-19(7-3)17-27-35(33,34)21-13-10-12-20(15-21)28-29-23-18(4)22(16-26)24(31)30(25(23)32)14-9-6-2/h10,12-13,15,19,27,32H,5-9,11,14,17H2,1-4H3/b29-28+. The molecule has 2 N–H and O–H groups in total. The summed E-state index contributed by atoms with van der Waals surface area (Å²) in [5.41, 5.74) is -0.199. The Kier molecular flexibility index (Phi) is 10.6. The summed E-state index contributed by atoms with van der Waals surface area (Å²) in [6, 6.07) is 7.91. The fourth-order valence-electron chi connectivity index (χ4n) is 3.66. The molecule has 0 aliphatic carbocycles. The van der Waals surface area contributed by atoms with Gasteiger partial charge in [0, 0.05) is 18.7 Å². The van der Waals surface area contributed by atoms with E-state index in [1.807, 2.05) is 13.0 Å². The molecular formula is C25H35N5O4S. The molecule has 0 bridgehead atoms. The highest BCUT2D eigenvalue weighted by atomic mass is 32.2. The fourth-order valence-corrected chi connectivity index (χ4v) is 4.81. The predicted molar refractivity (Wildman–Crippen MR) is 136 cm³/mol. The third kappa shape index (κ3) is 7.23. The molecule has 2 aromatic rings. The summed E-state index contributed by atoms with van der Waals surface area (Å²) >= 11 is 0. The number of nitriles is 1. The summed E-state index contributed by atoms with van der Waals surface area (Å²) < 4.78 is 29.5. The summed E-state index contributed by atoms with van der Waals surface area (Å²) in [5, 5.41) is 28.3. The highest BCUT2D eigenvalue weighted by Crippen LogP contribution is 2.32. The molecule has 0 amide bonds. The molecule has 1 heterocycles. The number of aromatic nitrogens is 1. The van der Waals surface area contributed by atoms with Crippen LogP contribution in [0.3, 0.4) is 0 Å². The van der Waals surface area contributed by atoms with Gasteiger partial charge in [0.25, 0.3) is 5.56 Å². The number of hydrogen-bond acceptors (Lipinski definition) is 7. The molecule has 0 aliphatic heterocycles. The van der Waals surface area contributed by atoms with Crippen LogP contribution in [0.1, 0.15) is 70.4 Å². The molecular weight excluding hydrogens is 466 g/mol. The topological polar surface area (TPSA) is 137 Å². The van der Waals surface area contributed by atoms with Crippen LogP contribution >= 0.6 is 0 Å². The van der Waals surface area contributed by atoms with Crippen LogP contribution in [0.15, 0.2) is 44.2 Å². The molecule has 9 nitrogen and oxygen atoms in total. The number of nitrogens with zero attached hydrogens (tertiary/aromatic N) is 4. The van der Waals surface area contributed by atoms with Gasteiger partial charge in [0.15, 0.2) is 5.69 Å². The maximum Gasteiger partial charge on any atom is 0.271 e. The summed E-state index contributed by atoms with van der Waals surface area (Å²) in [6.45, 7) is 8.25. The van der Waals surface area contributed by atoms with E-state index in [9.17, 15) is 23.6 Å². The minimum atomic E-state index is -3.74. The number of unbranched alkanes of at least 4 members (excludes halogenated alkanes) is 2. The number of nitrogens with one attached hydrogen (secondary N) is 1. The maximum atomic E-state index is 12.8. The number of rotatable bonds is 13. The molecule has 0 saturated heterocycles. The quantitative estimate of drug-likeness (QED) is 0.352. The Labute approximate surface area is 207 Å². The van der Waals surface area contributed by atoms with Crippen LogP contribution in [0.2, 0.25) is 0 Å². The SMILES string of the molecule is CCCCC(CC)CNS(=O)(=O)c1cccc(/N=N/c2c(C)c(C#N)c(=O)n(CCCC)c2O)c1. The molecule has 0 spiro atoms. The molecule has 0 fully saturated rings. The number of azo groups is 1. The van der Waals surface area contributed by atoms with Crippen LogP contribution in [-0.4, -0.2) is 24.6 Å². The van der Waals surface area contributed by atoms with Crippen molar-refractivity contribution in [1.82, 2.24) is 9.29 Å². The van der Waals surface area contributed by atoms with Crippen LogP contribution in [0.4, 0.5) is 11.4 Å². The molecule has 0 radical (unpaired) electrons. The van der Waals surface area contributed by atoms with Gasteiger partial charge in [-0.25, -0.2) is 13.1 Å². The van der Waals surface area contributed by atoms with Crippen molar-refractivity contribution < 1.29 is 13.5 Å². The van der Waals surface area contributed by atoms with Crippen molar-refractivity contribution in [2.24, 2.45) is 16.1 Å². The average Bonchev–Trinajstić information content (AvgIpc) is 2.84. The van der Waals surface area contributed by atoms with E-state index >= 15 is 0 Å². The highest BCUT2D eigenvalue weighted by molar-refractivity contribution is 7.89. The van der Waals surface area contributed by atoms with Crippen molar-refractivity contribution in [3.8, 4) is 11.9 Å². The van der Waals surface area contributed by atoms with Gasteiger partial charge in [0.1, 0.15) is 11.6 Å². The lowest BCUT2D eigenvalue weighted by atomic mass is 10.00. The lowest BCUT2D eigenvalue weighted by Gasteiger charge is -2.15. The Morgan fingerprint density at radius 2 is 1.89 bits per heavy atom. The first-order chi connectivity index (χ1) is 16.7. The Morgan fingerprint density at radius 1 is 1.17 bits per heavy atom. The molecule has 0 saturated carbocycles. The van der Waals surface area contributed by atoms with Gasteiger partial charge in [0.2, 0.25) is 15.9 Å². The van der Waals surface area contributed by atoms with E-state index in [0.29, 0.717) is 13.0 Å². The third-order valence-electron chi connectivity index (χ3n) is 6.00. The van der Waals surface area contributed by atoms with Crippen LogP contribution in [0.5, 0.6) is 5.88 Å². The Morgan fingerprint density at radius 3 is 2.51 bits per heavy atom. The number of aromatic hydroxyl groups is 1. The van der Waals surface area contributed by atoms with Gasteiger partial charge in [-0.05, 0) is 43.9 Å². The Bertz CT molecular complexity index is 1250. The summed E-state index contributed by atoms with van der Waals surface area (Å²) in [4.78, 5) is 12.6. The molecule has 190 valence electrons. The summed E-state index contributed by atoms with van der Waals surface area (Å²) in [5.74, 6) is -0.0944. The van der Waals surface area contributed by atoms with E-state index in [2.05, 4.69) is 28.8 Å². The van der Waals surface area contributed by atoms with Gasteiger partial charge in [-0.1, -0.05) is 52.5 Å². The first-order valence-corrected chi connectivity index (χ1v) is 13.6. The van der Waals surface area contributed by atoms with Crippen molar-refractivity contribution in [2.45, 2.75) is 77.7 Å². The van der Waals surface area contributed by atoms with Gasteiger partial charge in [-0.15, -0.1) is 5.11 Å². The third-order valence-corrected chi connectivity index (χ3v) is 7.42. The van der Waals surface area contributed by atoms with Gasteiger partial charge in [-0.3, -0.25) is 9.36 Å². The fraction of sp³-hybridized carbons (Fsp3) is 0.520. The zero-order valence-electron chi connectivity index (χ0n) is 20.9. The van der Waals surface area contributed by atoms with E-state index in [4.69, 9.17) is 0 Å². The monoisotopic (exact) mass is 501 g/mol. The average molecular weight is 502 g/mol. The van der Waals surface area contributed by atoms with Crippen molar-refractivity contribution in [2.75, 3.05) is 6.54 Å². The van der Waals surface area contributed by atoms with Gasteiger partial charge in [-0.2, -0.15) is 10.4 Å². The zero-order valence-corrected chi connectivity index (χ0v) is 21.7. The zero-order chi connectivity index (χ0) is 26.0. The molecule has 1 aromatic heterocycles. The maximum absolute atomic E-state index is 12.8. The first kappa shape index (κ1) is 28.2. The molecule has 35 heavy (non-hydrogen) atoms. The minimum Gasteiger partial charge on any atom is -0.493 e. The second kappa shape index (κ2) is 13.2. The lowest BCUT2D eigenvalue weighted by molar-refractivity contribution is 0.402. The number of benzene rings is 1. The van der Waals surface area contributed by atoms with E-state index in [-0.39, 0.29) is 45.7 Å². The molecule has 1 aromatic carbocycles.